The van der Waals surface area contributed by atoms with Gasteiger partial charge in [-0.2, -0.15) is 0 Å². The summed E-state index contributed by atoms with van der Waals surface area (Å²) in [6, 6.07) is 7.39. The van der Waals surface area contributed by atoms with Crippen molar-refractivity contribution in [3.8, 4) is 5.75 Å². The molecular weight excluding hydrogens is 322 g/mol. The van der Waals surface area contributed by atoms with E-state index in [1.807, 2.05) is 45.0 Å². The molecule has 1 saturated heterocycles. The third-order valence-electron chi connectivity index (χ3n) is 3.59. The number of amides is 1. The first-order valence-corrected chi connectivity index (χ1v) is 8.27. The van der Waals surface area contributed by atoms with Gasteiger partial charge in [-0.05, 0) is 44.5 Å². The highest BCUT2D eigenvalue weighted by molar-refractivity contribution is 5.86. The number of hydrogen-bond acceptors (Lipinski definition) is 5. The van der Waals surface area contributed by atoms with Crippen molar-refractivity contribution in [2.24, 2.45) is 0 Å². The van der Waals surface area contributed by atoms with Gasteiger partial charge >= 0.3 is 12.1 Å². The number of methoxy groups -OCH3 is 1. The van der Waals surface area contributed by atoms with Crippen LogP contribution in [-0.2, 0) is 14.3 Å². The van der Waals surface area contributed by atoms with Crippen LogP contribution in [-0.4, -0.2) is 48.9 Å². The number of likely N-dealkylation sites (tertiary alicyclic amines) is 1. The second kappa shape index (κ2) is 8.05. The minimum atomic E-state index is -0.496. The van der Waals surface area contributed by atoms with Gasteiger partial charge in [0, 0.05) is 19.0 Å². The molecule has 0 aromatic heterocycles. The fraction of sp³-hybridized carbons (Fsp3) is 0.474. The lowest BCUT2D eigenvalue weighted by Gasteiger charge is -2.24. The summed E-state index contributed by atoms with van der Waals surface area (Å²) in [7, 11) is 1.34. The van der Waals surface area contributed by atoms with Crippen LogP contribution in [0.3, 0.4) is 0 Å². The molecule has 6 heteroatoms. The molecule has 1 fully saturated rings. The Kier molecular flexibility index (Phi) is 6.07. The number of esters is 1. The smallest absolute Gasteiger partial charge is 0.410 e. The van der Waals surface area contributed by atoms with Crippen molar-refractivity contribution in [3.63, 3.8) is 0 Å². The summed E-state index contributed by atoms with van der Waals surface area (Å²) in [5, 5.41) is 0. The molecule has 1 atom stereocenters. The number of benzene rings is 1. The fourth-order valence-electron chi connectivity index (χ4n) is 2.40. The van der Waals surface area contributed by atoms with Crippen LogP contribution < -0.4 is 4.74 Å². The second-order valence-electron chi connectivity index (χ2n) is 6.88. The molecule has 1 heterocycles. The lowest BCUT2D eigenvalue weighted by atomic mass is 10.2. The van der Waals surface area contributed by atoms with Crippen molar-refractivity contribution in [3.05, 3.63) is 35.9 Å². The van der Waals surface area contributed by atoms with E-state index < -0.39 is 11.6 Å². The molecule has 0 aliphatic carbocycles. The predicted molar refractivity (Wildman–Crippen MR) is 94.3 cm³/mol. The van der Waals surface area contributed by atoms with Gasteiger partial charge in [-0.15, -0.1) is 0 Å². The molecule has 0 radical (unpaired) electrons. The van der Waals surface area contributed by atoms with Gasteiger partial charge in [-0.3, -0.25) is 0 Å². The first kappa shape index (κ1) is 18.8. The SMILES string of the molecule is COC(=O)C=Cc1ccc(O[C@H]2CCN(C(=O)OC(C)(C)C)C2)cc1. The van der Waals surface area contributed by atoms with Crippen LogP contribution in [0.1, 0.15) is 32.8 Å². The number of rotatable bonds is 4. The van der Waals surface area contributed by atoms with Crippen molar-refractivity contribution in [2.45, 2.75) is 38.9 Å². The molecule has 1 amide bonds. The second-order valence-corrected chi connectivity index (χ2v) is 6.88. The molecule has 6 nitrogen and oxygen atoms in total. The predicted octanol–water partition coefficient (Wildman–Crippen LogP) is 3.26. The quantitative estimate of drug-likeness (QED) is 0.618. The molecule has 0 unspecified atom stereocenters. The van der Waals surface area contributed by atoms with E-state index in [-0.39, 0.29) is 12.2 Å². The number of nitrogens with zero attached hydrogens (tertiary/aromatic N) is 1. The summed E-state index contributed by atoms with van der Waals surface area (Å²) in [4.78, 5) is 24.8. The van der Waals surface area contributed by atoms with E-state index in [1.54, 1.807) is 11.0 Å². The molecule has 2 rings (SSSR count). The van der Waals surface area contributed by atoms with E-state index in [0.717, 1.165) is 17.7 Å². The Hall–Kier alpha value is -2.50. The number of ether oxygens (including phenoxy) is 3. The summed E-state index contributed by atoms with van der Waals surface area (Å²) in [5.41, 5.74) is 0.378. The zero-order valence-corrected chi connectivity index (χ0v) is 15.2. The first-order valence-electron chi connectivity index (χ1n) is 8.27. The zero-order valence-electron chi connectivity index (χ0n) is 15.2. The summed E-state index contributed by atoms with van der Waals surface area (Å²) in [6.07, 6.45) is 3.45. The third-order valence-corrected chi connectivity index (χ3v) is 3.59. The maximum Gasteiger partial charge on any atom is 0.410 e. The molecule has 25 heavy (non-hydrogen) atoms. The molecule has 1 aromatic rings. The lowest BCUT2D eigenvalue weighted by Crippen LogP contribution is -2.36. The van der Waals surface area contributed by atoms with Crippen LogP contribution in [0.5, 0.6) is 5.75 Å². The maximum atomic E-state index is 12.1. The van der Waals surface area contributed by atoms with E-state index in [9.17, 15) is 9.59 Å². The minimum absolute atomic E-state index is 0.0519. The number of carbonyl (C=O) groups is 2. The van der Waals surface area contributed by atoms with E-state index in [2.05, 4.69) is 4.74 Å². The highest BCUT2D eigenvalue weighted by Crippen LogP contribution is 2.21. The topological polar surface area (TPSA) is 65.1 Å². The molecule has 0 spiro atoms. The van der Waals surface area contributed by atoms with Gasteiger partial charge in [0.1, 0.15) is 17.5 Å². The normalized spacial score (nSPS) is 17.6. The molecule has 1 aliphatic heterocycles. The average Bonchev–Trinajstić information content (AvgIpc) is 3.01. The lowest BCUT2D eigenvalue weighted by molar-refractivity contribution is -0.134. The summed E-state index contributed by atoms with van der Waals surface area (Å²) >= 11 is 0. The van der Waals surface area contributed by atoms with Crippen molar-refractivity contribution in [2.75, 3.05) is 20.2 Å². The standard InChI is InChI=1S/C19H25NO5/c1-19(2,3)25-18(22)20-12-11-16(13-20)24-15-8-5-14(6-9-15)7-10-17(21)23-4/h5-10,16H,11-13H2,1-4H3/t16-/m0/s1. The Bertz CT molecular complexity index is 630. The van der Waals surface area contributed by atoms with Crippen LogP contribution in [0.2, 0.25) is 0 Å². The van der Waals surface area contributed by atoms with Crippen LogP contribution in [0.15, 0.2) is 30.3 Å². The Morgan fingerprint density at radius 2 is 1.88 bits per heavy atom. The Balaban J connectivity index is 1.86. The molecule has 0 bridgehead atoms. The van der Waals surface area contributed by atoms with Gasteiger partial charge in [0.15, 0.2) is 0 Å². The van der Waals surface area contributed by atoms with Crippen LogP contribution in [0.25, 0.3) is 6.08 Å². The van der Waals surface area contributed by atoms with Crippen molar-refractivity contribution < 1.29 is 23.8 Å². The van der Waals surface area contributed by atoms with E-state index in [1.165, 1.54) is 13.2 Å². The van der Waals surface area contributed by atoms with Crippen LogP contribution in [0.4, 0.5) is 4.79 Å². The summed E-state index contributed by atoms with van der Waals surface area (Å²) in [5.74, 6) is 0.333. The van der Waals surface area contributed by atoms with Crippen LogP contribution >= 0.6 is 0 Å². The number of carbonyl (C=O) groups excluding carboxylic acids is 2. The zero-order chi connectivity index (χ0) is 18.4. The minimum Gasteiger partial charge on any atom is -0.489 e. The fourth-order valence-corrected chi connectivity index (χ4v) is 2.40. The molecule has 1 aromatic carbocycles. The molecule has 0 saturated carbocycles. The Morgan fingerprint density at radius 3 is 2.48 bits per heavy atom. The van der Waals surface area contributed by atoms with Gasteiger partial charge in [0.05, 0.1) is 13.7 Å². The third kappa shape index (κ3) is 6.14. The van der Waals surface area contributed by atoms with E-state index in [4.69, 9.17) is 9.47 Å². The largest absolute Gasteiger partial charge is 0.489 e. The van der Waals surface area contributed by atoms with Gasteiger partial charge < -0.3 is 19.1 Å². The summed E-state index contributed by atoms with van der Waals surface area (Å²) < 4.78 is 15.9. The Morgan fingerprint density at radius 1 is 1.20 bits per heavy atom. The van der Waals surface area contributed by atoms with Gasteiger partial charge in [-0.25, -0.2) is 9.59 Å². The molecule has 0 N–H and O–H groups in total. The van der Waals surface area contributed by atoms with Gasteiger partial charge in [-0.1, -0.05) is 12.1 Å². The van der Waals surface area contributed by atoms with E-state index in [0.29, 0.717) is 13.1 Å². The molecule has 136 valence electrons. The highest BCUT2D eigenvalue weighted by atomic mass is 16.6. The average molecular weight is 347 g/mol. The molecule has 1 aliphatic rings. The summed E-state index contributed by atoms with van der Waals surface area (Å²) in [6.45, 7) is 6.69. The van der Waals surface area contributed by atoms with Crippen molar-refractivity contribution in [1.82, 2.24) is 4.90 Å². The van der Waals surface area contributed by atoms with E-state index >= 15 is 0 Å². The molecular formula is C19H25NO5. The van der Waals surface area contributed by atoms with Crippen molar-refractivity contribution in [1.29, 1.82) is 0 Å². The Labute approximate surface area is 148 Å². The van der Waals surface area contributed by atoms with Gasteiger partial charge in [0.2, 0.25) is 0 Å². The van der Waals surface area contributed by atoms with Crippen LogP contribution in [0, 0.1) is 0 Å². The number of hydrogen-bond donors (Lipinski definition) is 0. The van der Waals surface area contributed by atoms with Gasteiger partial charge in [0.25, 0.3) is 0 Å². The maximum absolute atomic E-state index is 12.1. The highest BCUT2D eigenvalue weighted by Gasteiger charge is 2.30. The first-order chi connectivity index (χ1) is 11.8. The van der Waals surface area contributed by atoms with Crippen molar-refractivity contribution >= 4 is 18.1 Å². The monoisotopic (exact) mass is 347 g/mol.